The smallest absolute Gasteiger partial charge is 0.153 e. The Hall–Kier alpha value is -0.370. The van der Waals surface area contributed by atoms with Gasteiger partial charge in [-0.05, 0) is 39.3 Å². The summed E-state index contributed by atoms with van der Waals surface area (Å²) in [4.78, 5) is 14.2. The van der Waals surface area contributed by atoms with E-state index in [1.54, 1.807) is 0 Å². The van der Waals surface area contributed by atoms with Gasteiger partial charge in [0.25, 0.3) is 0 Å². The highest BCUT2D eigenvalue weighted by molar-refractivity contribution is 5.87. The fraction of sp³-hybridized carbons (Fsp3) is 0.909. The Labute approximate surface area is 80.3 Å². The summed E-state index contributed by atoms with van der Waals surface area (Å²) >= 11 is 0. The van der Waals surface area contributed by atoms with E-state index < -0.39 is 0 Å². The molecule has 0 amide bonds. The molecule has 1 atom stereocenters. The highest BCUT2D eigenvalue weighted by atomic mass is 16.1. The van der Waals surface area contributed by atoms with Crippen LogP contribution >= 0.6 is 0 Å². The summed E-state index contributed by atoms with van der Waals surface area (Å²) in [6, 6.07) is 0.263. The van der Waals surface area contributed by atoms with Gasteiger partial charge in [-0.2, -0.15) is 0 Å². The van der Waals surface area contributed by atoms with E-state index in [4.69, 9.17) is 0 Å². The minimum Gasteiger partial charge on any atom is -0.298 e. The zero-order valence-corrected chi connectivity index (χ0v) is 8.46. The highest BCUT2D eigenvalue weighted by Gasteiger charge is 2.33. The Bertz CT molecular complexity index is 198. The van der Waals surface area contributed by atoms with Gasteiger partial charge in [-0.15, -0.1) is 0 Å². The van der Waals surface area contributed by atoms with Crippen molar-refractivity contribution >= 4 is 5.78 Å². The van der Waals surface area contributed by atoms with Gasteiger partial charge in [-0.3, -0.25) is 9.69 Å². The van der Waals surface area contributed by atoms with E-state index in [1.165, 1.54) is 19.3 Å². The standard InChI is InChI=1S/C11H19NO/c1-12-8-3-2-7-10(12)11(13)9-5-4-6-9/h9-10H,2-8H2,1H3. The summed E-state index contributed by atoms with van der Waals surface area (Å²) in [6.45, 7) is 1.11. The quantitative estimate of drug-likeness (QED) is 0.648. The van der Waals surface area contributed by atoms with Crippen LogP contribution < -0.4 is 0 Å². The maximum Gasteiger partial charge on any atom is 0.153 e. The Kier molecular flexibility index (Phi) is 2.68. The van der Waals surface area contributed by atoms with E-state index in [0.29, 0.717) is 11.7 Å². The third-order valence-corrected chi connectivity index (χ3v) is 3.61. The highest BCUT2D eigenvalue weighted by Crippen LogP contribution is 2.31. The fourth-order valence-electron chi connectivity index (χ4n) is 2.40. The van der Waals surface area contributed by atoms with Gasteiger partial charge in [0.2, 0.25) is 0 Å². The van der Waals surface area contributed by atoms with E-state index >= 15 is 0 Å². The van der Waals surface area contributed by atoms with Crippen molar-refractivity contribution in [2.45, 2.75) is 44.6 Å². The molecule has 1 unspecified atom stereocenters. The van der Waals surface area contributed by atoms with Crippen molar-refractivity contribution in [2.75, 3.05) is 13.6 Å². The molecule has 0 spiro atoms. The molecule has 0 aromatic heterocycles. The van der Waals surface area contributed by atoms with Crippen LogP contribution in [-0.2, 0) is 4.79 Å². The summed E-state index contributed by atoms with van der Waals surface area (Å²) in [5.41, 5.74) is 0. The first-order chi connectivity index (χ1) is 6.29. The number of rotatable bonds is 2. The average molecular weight is 181 g/mol. The van der Waals surface area contributed by atoms with Crippen molar-refractivity contribution in [3.05, 3.63) is 0 Å². The normalized spacial score (nSPS) is 31.3. The number of carbonyl (C=O) groups is 1. The Balaban J connectivity index is 1.93. The Morgan fingerprint density at radius 2 is 1.92 bits per heavy atom. The van der Waals surface area contributed by atoms with Gasteiger partial charge < -0.3 is 0 Å². The average Bonchev–Trinajstić information content (AvgIpc) is 2.01. The summed E-state index contributed by atoms with van der Waals surface area (Å²) in [5.74, 6) is 0.957. The molecule has 0 N–H and O–H groups in total. The lowest BCUT2D eigenvalue weighted by molar-refractivity contribution is -0.131. The first kappa shape index (κ1) is 9.20. The lowest BCUT2D eigenvalue weighted by atomic mass is 9.78. The molecular formula is C11H19NO. The molecule has 74 valence electrons. The lowest BCUT2D eigenvalue weighted by Crippen LogP contribution is -2.45. The molecule has 2 heteroatoms. The number of nitrogens with zero attached hydrogens (tertiary/aromatic N) is 1. The molecule has 1 aliphatic heterocycles. The third-order valence-electron chi connectivity index (χ3n) is 3.61. The molecule has 0 aromatic rings. The first-order valence-corrected chi connectivity index (χ1v) is 5.53. The zero-order chi connectivity index (χ0) is 9.26. The monoisotopic (exact) mass is 181 g/mol. The van der Waals surface area contributed by atoms with Crippen LogP contribution in [0.1, 0.15) is 38.5 Å². The molecule has 2 nitrogen and oxygen atoms in total. The second-order valence-corrected chi connectivity index (χ2v) is 4.52. The molecule has 2 aliphatic rings. The summed E-state index contributed by atoms with van der Waals surface area (Å²) < 4.78 is 0. The van der Waals surface area contributed by atoms with E-state index in [-0.39, 0.29) is 6.04 Å². The van der Waals surface area contributed by atoms with Gasteiger partial charge >= 0.3 is 0 Å². The van der Waals surface area contributed by atoms with E-state index in [0.717, 1.165) is 25.8 Å². The fourth-order valence-corrected chi connectivity index (χ4v) is 2.40. The number of carbonyl (C=O) groups excluding carboxylic acids is 1. The minimum atomic E-state index is 0.263. The van der Waals surface area contributed by atoms with Crippen LogP contribution in [0, 0.1) is 5.92 Å². The molecular weight excluding hydrogens is 162 g/mol. The lowest BCUT2D eigenvalue weighted by Gasteiger charge is -2.36. The van der Waals surface area contributed by atoms with Crippen LogP contribution in [0.2, 0.25) is 0 Å². The van der Waals surface area contributed by atoms with Crippen LogP contribution in [0.25, 0.3) is 0 Å². The molecule has 1 aliphatic carbocycles. The van der Waals surface area contributed by atoms with Gasteiger partial charge in [-0.1, -0.05) is 12.8 Å². The summed E-state index contributed by atoms with van der Waals surface area (Å²) in [6.07, 6.45) is 7.20. The number of Topliss-reactive ketones (excluding diaryl/α,β-unsaturated/α-hetero) is 1. The zero-order valence-electron chi connectivity index (χ0n) is 8.46. The number of hydrogen-bond donors (Lipinski definition) is 0. The molecule has 13 heavy (non-hydrogen) atoms. The number of likely N-dealkylation sites (tertiary alicyclic amines) is 1. The second-order valence-electron chi connectivity index (χ2n) is 4.52. The molecule has 1 saturated carbocycles. The van der Waals surface area contributed by atoms with Crippen molar-refractivity contribution in [2.24, 2.45) is 5.92 Å². The third kappa shape index (κ3) is 1.78. The van der Waals surface area contributed by atoms with Gasteiger partial charge in [-0.25, -0.2) is 0 Å². The second kappa shape index (κ2) is 3.79. The summed E-state index contributed by atoms with van der Waals surface area (Å²) in [5, 5.41) is 0. The van der Waals surface area contributed by atoms with E-state index in [1.807, 2.05) is 0 Å². The van der Waals surface area contributed by atoms with Gasteiger partial charge in [0.1, 0.15) is 0 Å². The van der Waals surface area contributed by atoms with E-state index in [9.17, 15) is 4.79 Å². The molecule has 1 heterocycles. The minimum absolute atomic E-state index is 0.263. The Morgan fingerprint density at radius 1 is 1.15 bits per heavy atom. The number of piperidine rings is 1. The van der Waals surface area contributed by atoms with Crippen LogP contribution in [-0.4, -0.2) is 30.3 Å². The molecule has 2 rings (SSSR count). The number of ketones is 1. The van der Waals surface area contributed by atoms with Crippen molar-refractivity contribution in [3.8, 4) is 0 Å². The van der Waals surface area contributed by atoms with Crippen molar-refractivity contribution in [1.29, 1.82) is 0 Å². The number of likely N-dealkylation sites (N-methyl/N-ethyl adjacent to an activating group) is 1. The van der Waals surface area contributed by atoms with Crippen molar-refractivity contribution < 1.29 is 4.79 Å². The number of hydrogen-bond acceptors (Lipinski definition) is 2. The van der Waals surface area contributed by atoms with Crippen LogP contribution in [0.5, 0.6) is 0 Å². The van der Waals surface area contributed by atoms with Gasteiger partial charge in [0.05, 0.1) is 6.04 Å². The molecule has 1 saturated heterocycles. The molecule has 0 aromatic carbocycles. The first-order valence-electron chi connectivity index (χ1n) is 5.53. The topological polar surface area (TPSA) is 20.3 Å². The predicted molar refractivity (Wildman–Crippen MR) is 52.6 cm³/mol. The molecule has 0 bridgehead atoms. The van der Waals surface area contributed by atoms with Crippen molar-refractivity contribution in [1.82, 2.24) is 4.90 Å². The maximum atomic E-state index is 11.9. The van der Waals surface area contributed by atoms with Gasteiger partial charge in [0.15, 0.2) is 5.78 Å². The maximum absolute atomic E-state index is 11.9. The summed E-state index contributed by atoms with van der Waals surface area (Å²) in [7, 11) is 2.10. The van der Waals surface area contributed by atoms with E-state index in [2.05, 4.69) is 11.9 Å². The molecule has 0 radical (unpaired) electrons. The largest absolute Gasteiger partial charge is 0.298 e. The van der Waals surface area contributed by atoms with Crippen LogP contribution in [0.15, 0.2) is 0 Å². The predicted octanol–water partition coefficient (Wildman–Crippen LogP) is 1.84. The van der Waals surface area contributed by atoms with Crippen molar-refractivity contribution in [3.63, 3.8) is 0 Å². The Morgan fingerprint density at radius 3 is 2.46 bits per heavy atom. The SMILES string of the molecule is CN1CCCCC1C(=O)C1CCC1. The van der Waals surface area contributed by atoms with Crippen LogP contribution in [0.3, 0.4) is 0 Å². The van der Waals surface area contributed by atoms with Gasteiger partial charge in [0, 0.05) is 5.92 Å². The molecule has 2 fully saturated rings. The van der Waals surface area contributed by atoms with Crippen LogP contribution in [0.4, 0.5) is 0 Å².